The van der Waals surface area contributed by atoms with E-state index in [1.165, 1.54) is 31.4 Å². The molecule has 3 aromatic carbocycles. The number of hydrogen-bond acceptors (Lipinski definition) is 6. The summed E-state index contributed by atoms with van der Waals surface area (Å²) < 4.78 is 45.6. The summed E-state index contributed by atoms with van der Waals surface area (Å²) in [4.78, 5) is 53.4. The van der Waals surface area contributed by atoms with Gasteiger partial charge < -0.3 is 30.3 Å². The third-order valence-corrected chi connectivity index (χ3v) is 6.91. The number of methoxy groups -OCH3 is 1. The molecule has 1 atom stereocenters. The van der Waals surface area contributed by atoms with Crippen LogP contribution in [0.15, 0.2) is 60.7 Å². The summed E-state index contributed by atoms with van der Waals surface area (Å²) in [6, 6.07) is 11.2. The Bertz CT molecular complexity index is 1520. The quantitative estimate of drug-likeness (QED) is 0.346. The maximum Gasteiger partial charge on any atom is 0.409 e. The maximum atomic E-state index is 13.8. The zero-order chi connectivity index (χ0) is 31.1. The van der Waals surface area contributed by atoms with Crippen LogP contribution in [-0.4, -0.2) is 67.2 Å². The zero-order valence-corrected chi connectivity index (χ0v) is 23.1. The number of carbonyl (C=O) groups is 4. The van der Waals surface area contributed by atoms with Gasteiger partial charge in [0.25, 0.3) is 11.8 Å². The third kappa shape index (κ3) is 7.82. The van der Waals surface area contributed by atoms with Crippen LogP contribution in [0.1, 0.15) is 45.2 Å². The zero-order valence-electron chi connectivity index (χ0n) is 23.1. The van der Waals surface area contributed by atoms with E-state index in [2.05, 4.69) is 10.6 Å². The SMILES string of the molecule is COC(=O)N1CCCN(c2ccc(C(=O)NC(CC(=O)O)c3ccc(F)cc3)cc2NC(=O)c2ccc(F)c(F)c2)CC1. The first-order valence-corrected chi connectivity index (χ1v) is 13.3. The van der Waals surface area contributed by atoms with Crippen LogP contribution in [0, 0.1) is 17.5 Å². The van der Waals surface area contributed by atoms with E-state index >= 15 is 0 Å². The fourth-order valence-electron chi connectivity index (χ4n) is 4.72. The molecule has 4 rings (SSSR count). The highest BCUT2D eigenvalue weighted by molar-refractivity contribution is 6.07. The predicted octanol–water partition coefficient (Wildman–Crippen LogP) is 4.58. The van der Waals surface area contributed by atoms with Crippen LogP contribution in [0.3, 0.4) is 0 Å². The Labute approximate surface area is 245 Å². The van der Waals surface area contributed by atoms with Gasteiger partial charge >= 0.3 is 12.1 Å². The molecule has 3 aromatic rings. The largest absolute Gasteiger partial charge is 0.481 e. The fraction of sp³-hybridized carbons (Fsp3) is 0.267. The molecule has 226 valence electrons. The molecule has 0 radical (unpaired) electrons. The molecule has 3 amide bonds. The number of rotatable bonds is 8. The Kier molecular flexibility index (Phi) is 9.86. The average Bonchev–Trinajstić information content (AvgIpc) is 3.24. The van der Waals surface area contributed by atoms with Crippen LogP contribution in [0.25, 0.3) is 0 Å². The van der Waals surface area contributed by atoms with Crippen molar-refractivity contribution < 1.29 is 42.2 Å². The van der Waals surface area contributed by atoms with Crippen molar-refractivity contribution in [2.45, 2.75) is 18.9 Å². The van der Waals surface area contributed by atoms with Gasteiger partial charge in [0.05, 0.1) is 30.9 Å². The first-order valence-electron chi connectivity index (χ1n) is 13.3. The van der Waals surface area contributed by atoms with Gasteiger partial charge in [-0.05, 0) is 60.5 Å². The van der Waals surface area contributed by atoms with Gasteiger partial charge in [-0.25, -0.2) is 18.0 Å². The monoisotopic (exact) mass is 598 g/mol. The molecule has 13 heteroatoms. The number of halogens is 3. The van der Waals surface area contributed by atoms with Crippen molar-refractivity contribution in [3.63, 3.8) is 0 Å². The molecule has 3 N–H and O–H groups in total. The second-order valence-electron chi connectivity index (χ2n) is 9.79. The lowest BCUT2D eigenvalue weighted by atomic mass is 10.0. The number of anilines is 2. The summed E-state index contributed by atoms with van der Waals surface area (Å²) in [7, 11) is 1.29. The smallest absolute Gasteiger partial charge is 0.409 e. The van der Waals surface area contributed by atoms with E-state index in [0.29, 0.717) is 43.9 Å². The number of hydrogen-bond donors (Lipinski definition) is 3. The number of carboxylic acids is 1. The van der Waals surface area contributed by atoms with Crippen LogP contribution >= 0.6 is 0 Å². The van der Waals surface area contributed by atoms with Gasteiger partial charge in [0.2, 0.25) is 0 Å². The van der Waals surface area contributed by atoms with Gasteiger partial charge in [0.15, 0.2) is 11.6 Å². The molecule has 0 bridgehead atoms. The van der Waals surface area contributed by atoms with Gasteiger partial charge in [-0.3, -0.25) is 14.4 Å². The number of aliphatic carboxylic acids is 1. The highest BCUT2D eigenvalue weighted by Gasteiger charge is 2.24. The summed E-state index contributed by atoms with van der Waals surface area (Å²) in [5.74, 6) is -5.47. The molecule has 1 fully saturated rings. The Morgan fingerprint density at radius 1 is 0.860 bits per heavy atom. The molecular formula is C30H29F3N4O6. The Morgan fingerprint density at radius 2 is 1.56 bits per heavy atom. The standard InChI is InChI=1S/C30H29F3N4O6/c1-43-30(42)37-12-2-11-36(13-14-37)26-10-6-20(16-25(26)35-28(40)19-5-9-22(32)23(33)15-19)29(41)34-24(17-27(38)39)18-3-7-21(31)8-4-18/h3-10,15-16,24H,2,11-14,17H2,1H3,(H,34,41)(H,35,40)(H,38,39). The van der Waals surface area contributed by atoms with Crippen molar-refractivity contribution >= 4 is 35.3 Å². The molecular weight excluding hydrogens is 569 g/mol. The molecule has 1 unspecified atom stereocenters. The summed E-state index contributed by atoms with van der Waals surface area (Å²) in [6.07, 6.45) is -0.375. The third-order valence-electron chi connectivity index (χ3n) is 6.91. The van der Waals surface area contributed by atoms with E-state index in [0.717, 1.165) is 30.3 Å². The van der Waals surface area contributed by atoms with Gasteiger partial charge in [-0.1, -0.05) is 12.1 Å². The van der Waals surface area contributed by atoms with E-state index < -0.39 is 53.8 Å². The van der Waals surface area contributed by atoms with Crippen LogP contribution < -0.4 is 15.5 Å². The molecule has 1 aliphatic heterocycles. The minimum absolute atomic E-state index is 0.0628. The van der Waals surface area contributed by atoms with E-state index in [1.807, 2.05) is 4.90 Å². The Morgan fingerprint density at radius 3 is 2.23 bits per heavy atom. The molecule has 0 saturated carbocycles. The lowest BCUT2D eigenvalue weighted by Gasteiger charge is -2.26. The number of nitrogens with zero attached hydrogens (tertiary/aromatic N) is 2. The summed E-state index contributed by atoms with van der Waals surface area (Å²) >= 11 is 0. The van der Waals surface area contributed by atoms with Crippen molar-refractivity contribution in [3.05, 3.63) is 94.8 Å². The number of amides is 3. The van der Waals surface area contributed by atoms with Gasteiger partial charge in [0, 0.05) is 37.3 Å². The number of ether oxygens (including phenoxy) is 1. The number of benzene rings is 3. The molecule has 1 heterocycles. The lowest BCUT2D eigenvalue weighted by Crippen LogP contribution is -2.35. The molecule has 0 spiro atoms. The maximum absolute atomic E-state index is 13.8. The van der Waals surface area contributed by atoms with E-state index in [4.69, 9.17) is 4.74 Å². The predicted molar refractivity (Wildman–Crippen MR) is 150 cm³/mol. The van der Waals surface area contributed by atoms with Gasteiger partial charge in [-0.15, -0.1) is 0 Å². The summed E-state index contributed by atoms with van der Waals surface area (Å²) in [6.45, 7) is 1.60. The van der Waals surface area contributed by atoms with Crippen LogP contribution in [0.5, 0.6) is 0 Å². The molecule has 1 saturated heterocycles. The highest BCUT2D eigenvalue weighted by atomic mass is 19.2. The van der Waals surface area contributed by atoms with E-state index in [1.54, 1.807) is 11.0 Å². The van der Waals surface area contributed by atoms with E-state index in [-0.39, 0.29) is 16.8 Å². The van der Waals surface area contributed by atoms with E-state index in [9.17, 15) is 37.5 Å². The molecule has 0 aromatic heterocycles. The fourth-order valence-corrected chi connectivity index (χ4v) is 4.72. The Hall–Kier alpha value is -5.07. The molecule has 10 nitrogen and oxygen atoms in total. The number of carboxylic acid groups (broad SMARTS) is 1. The van der Waals surface area contributed by atoms with Crippen LogP contribution in [0.2, 0.25) is 0 Å². The minimum Gasteiger partial charge on any atom is -0.481 e. The topological polar surface area (TPSA) is 128 Å². The number of carbonyl (C=O) groups excluding carboxylic acids is 3. The second kappa shape index (κ2) is 13.7. The lowest BCUT2D eigenvalue weighted by molar-refractivity contribution is -0.137. The van der Waals surface area contributed by atoms with Crippen LogP contribution in [0.4, 0.5) is 29.3 Å². The average molecular weight is 599 g/mol. The summed E-state index contributed by atoms with van der Waals surface area (Å²) in [5, 5.41) is 14.7. The molecule has 1 aliphatic rings. The Balaban J connectivity index is 1.65. The first-order chi connectivity index (χ1) is 20.5. The first kappa shape index (κ1) is 30.9. The molecule has 43 heavy (non-hydrogen) atoms. The van der Waals surface area contributed by atoms with Crippen molar-refractivity contribution in [2.24, 2.45) is 0 Å². The van der Waals surface area contributed by atoms with Crippen molar-refractivity contribution in [1.29, 1.82) is 0 Å². The molecule has 0 aliphatic carbocycles. The van der Waals surface area contributed by atoms with Crippen molar-refractivity contribution in [1.82, 2.24) is 10.2 Å². The van der Waals surface area contributed by atoms with Crippen LogP contribution in [-0.2, 0) is 9.53 Å². The van der Waals surface area contributed by atoms with Crippen molar-refractivity contribution in [2.75, 3.05) is 43.5 Å². The normalized spacial score (nSPS) is 14.0. The number of nitrogens with one attached hydrogen (secondary N) is 2. The van der Waals surface area contributed by atoms with Gasteiger partial charge in [0.1, 0.15) is 5.82 Å². The second-order valence-corrected chi connectivity index (χ2v) is 9.79. The summed E-state index contributed by atoms with van der Waals surface area (Å²) in [5.41, 5.74) is 0.948. The van der Waals surface area contributed by atoms with Gasteiger partial charge in [-0.2, -0.15) is 0 Å². The van der Waals surface area contributed by atoms with Crippen molar-refractivity contribution in [3.8, 4) is 0 Å². The highest BCUT2D eigenvalue weighted by Crippen LogP contribution is 2.30. The minimum atomic E-state index is -1.21.